The second kappa shape index (κ2) is 10.4. The van der Waals surface area contributed by atoms with Gasteiger partial charge in [0.15, 0.2) is 5.13 Å². The van der Waals surface area contributed by atoms with E-state index >= 15 is 0 Å². The van der Waals surface area contributed by atoms with Crippen molar-refractivity contribution in [2.24, 2.45) is 0 Å². The smallest absolute Gasteiger partial charge is 0.268 e. The van der Waals surface area contributed by atoms with E-state index in [2.05, 4.69) is 16.4 Å². The summed E-state index contributed by atoms with van der Waals surface area (Å²) in [6.07, 6.45) is 0. The summed E-state index contributed by atoms with van der Waals surface area (Å²) in [6, 6.07) is 7.30. The number of anilines is 2. The molecule has 0 unspecified atom stereocenters. The Balaban J connectivity index is 2.17. The van der Waals surface area contributed by atoms with Gasteiger partial charge in [0.05, 0.1) is 17.9 Å². The van der Waals surface area contributed by atoms with Gasteiger partial charge in [-0.15, -0.1) is 22.7 Å². The molecule has 2 aromatic heterocycles. The Bertz CT molecular complexity index is 1140. The standard InChI is InChI=1S/C21H20Cl2N4O2S2/c1-4-27(7-8-29-3)20-15(10-24)17(14-6-5-13(22)9-16(14)23)18(31-20)19(28)26-21-25-12(2)11-30-21/h5-6,9,11H,4,7-8H2,1-3H3,(H,25,26,28). The number of halogens is 2. The van der Waals surface area contributed by atoms with Crippen LogP contribution < -0.4 is 10.2 Å². The number of rotatable bonds is 8. The number of hydrogen-bond donors (Lipinski definition) is 1. The first-order valence-corrected chi connectivity index (χ1v) is 11.8. The van der Waals surface area contributed by atoms with E-state index in [0.29, 0.717) is 61.4 Å². The van der Waals surface area contributed by atoms with Crippen LogP contribution in [0.2, 0.25) is 10.0 Å². The van der Waals surface area contributed by atoms with E-state index in [-0.39, 0.29) is 5.91 Å². The monoisotopic (exact) mass is 494 g/mol. The van der Waals surface area contributed by atoms with E-state index in [1.54, 1.807) is 25.3 Å². The van der Waals surface area contributed by atoms with Crippen LogP contribution in [-0.2, 0) is 4.74 Å². The zero-order valence-corrected chi connectivity index (χ0v) is 20.3. The predicted molar refractivity (Wildman–Crippen MR) is 129 cm³/mol. The first-order chi connectivity index (χ1) is 14.9. The van der Waals surface area contributed by atoms with Gasteiger partial charge < -0.3 is 9.64 Å². The lowest BCUT2D eigenvalue weighted by Crippen LogP contribution is -2.26. The van der Waals surface area contributed by atoms with Crippen LogP contribution in [0.3, 0.4) is 0 Å². The van der Waals surface area contributed by atoms with Crippen LogP contribution in [0.1, 0.15) is 27.9 Å². The molecule has 10 heteroatoms. The largest absolute Gasteiger partial charge is 0.383 e. The summed E-state index contributed by atoms with van der Waals surface area (Å²) < 4.78 is 5.21. The molecule has 1 amide bonds. The van der Waals surface area contributed by atoms with Gasteiger partial charge in [-0.2, -0.15) is 5.26 Å². The molecule has 0 spiro atoms. The molecule has 0 atom stereocenters. The number of amides is 1. The van der Waals surface area contributed by atoms with Crippen molar-refractivity contribution in [1.29, 1.82) is 5.26 Å². The summed E-state index contributed by atoms with van der Waals surface area (Å²) in [5.41, 5.74) is 2.29. The summed E-state index contributed by atoms with van der Waals surface area (Å²) in [6.45, 7) is 5.58. The zero-order valence-electron chi connectivity index (χ0n) is 17.2. The highest BCUT2D eigenvalue weighted by molar-refractivity contribution is 7.19. The lowest BCUT2D eigenvalue weighted by Gasteiger charge is -2.21. The molecule has 1 N–H and O–H groups in total. The Labute approximate surface area is 199 Å². The molecule has 162 valence electrons. The number of likely N-dealkylation sites (N-methyl/N-ethyl adjacent to an activating group) is 1. The van der Waals surface area contributed by atoms with Gasteiger partial charge >= 0.3 is 0 Å². The quantitative estimate of drug-likeness (QED) is 0.410. The number of hydrogen-bond acceptors (Lipinski definition) is 7. The number of aryl methyl sites for hydroxylation is 1. The third-order valence-electron chi connectivity index (χ3n) is 4.48. The molecule has 1 aromatic carbocycles. The van der Waals surface area contributed by atoms with Crippen molar-refractivity contribution in [3.63, 3.8) is 0 Å². The van der Waals surface area contributed by atoms with E-state index in [1.165, 1.54) is 22.7 Å². The summed E-state index contributed by atoms with van der Waals surface area (Å²) in [5, 5.41) is 16.8. The highest BCUT2D eigenvalue weighted by atomic mass is 35.5. The van der Waals surface area contributed by atoms with E-state index in [1.807, 2.05) is 24.1 Å². The third kappa shape index (κ3) is 5.20. The third-order valence-corrected chi connectivity index (χ3v) is 7.15. The number of thiazole rings is 1. The van der Waals surface area contributed by atoms with Gasteiger partial charge in [0.25, 0.3) is 5.91 Å². The molecule has 3 aromatic rings. The second-order valence-electron chi connectivity index (χ2n) is 6.54. The molecule has 0 aliphatic rings. The molecule has 0 aliphatic heterocycles. The van der Waals surface area contributed by atoms with Crippen molar-refractivity contribution in [2.75, 3.05) is 37.0 Å². The topological polar surface area (TPSA) is 78.2 Å². The average Bonchev–Trinajstić information content (AvgIpc) is 3.32. The van der Waals surface area contributed by atoms with Crippen molar-refractivity contribution in [1.82, 2.24) is 4.98 Å². The number of nitrogens with one attached hydrogen (secondary N) is 1. The van der Waals surface area contributed by atoms with Crippen LogP contribution in [0.25, 0.3) is 11.1 Å². The van der Waals surface area contributed by atoms with Gasteiger partial charge in [0.1, 0.15) is 15.9 Å². The maximum Gasteiger partial charge on any atom is 0.268 e. The van der Waals surface area contributed by atoms with Crippen LogP contribution in [0.5, 0.6) is 0 Å². The fourth-order valence-electron chi connectivity index (χ4n) is 3.02. The number of benzene rings is 1. The van der Waals surface area contributed by atoms with Crippen LogP contribution >= 0.6 is 45.9 Å². The predicted octanol–water partition coefficient (Wildman–Crippen LogP) is 6.08. The van der Waals surface area contributed by atoms with Gasteiger partial charge in [0.2, 0.25) is 0 Å². The Hall–Kier alpha value is -2.15. The van der Waals surface area contributed by atoms with Gasteiger partial charge in [0, 0.05) is 46.8 Å². The van der Waals surface area contributed by atoms with Crippen molar-refractivity contribution in [3.05, 3.63) is 49.8 Å². The number of nitrogens with zero attached hydrogens (tertiary/aromatic N) is 3. The minimum Gasteiger partial charge on any atom is -0.383 e. The lowest BCUT2D eigenvalue weighted by molar-refractivity contribution is 0.103. The fourth-order valence-corrected chi connectivity index (χ4v) is 5.46. The lowest BCUT2D eigenvalue weighted by atomic mass is 10.0. The maximum absolute atomic E-state index is 13.2. The summed E-state index contributed by atoms with van der Waals surface area (Å²) in [7, 11) is 1.63. The van der Waals surface area contributed by atoms with Crippen LogP contribution in [-0.4, -0.2) is 37.7 Å². The number of methoxy groups -OCH3 is 1. The summed E-state index contributed by atoms with van der Waals surface area (Å²) >= 11 is 15.1. The molecule has 2 heterocycles. The van der Waals surface area contributed by atoms with Crippen molar-refractivity contribution in [3.8, 4) is 17.2 Å². The van der Waals surface area contributed by atoms with Crippen LogP contribution in [0, 0.1) is 18.3 Å². The fraction of sp³-hybridized carbons (Fsp3) is 0.286. The zero-order chi connectivity index (χ0) is 22.5. The van der Waals surface area contributed by atoms with Crippen molar-refractivity contribution < 1.29 is 9.53 Å². The van der Waals surface area contributed by atoms with E-state index in [4.69, 9.17) is 27.9 Å². The molecular formula is C21H20Cl2N4O2S2. The number of carbonyl (C=O) groups is 1. The van der Waals surface area contributed by atoms with Crippen molar-refractivity contribution >= 4 is 61.9 Å². The van der Waals surface area contributed by atoms with E-state index < -0.39 is 0 Å². The Morgan fingerprint density at radius 1 is 1.39 bits per heavy atom. The summed E-state index contributed by atoms with van der Waals surface area (Å²) in [5.74, 6) is -0.342. The molecule has 0 fully saturated rings. The van der Waals surface area contributed by atoms with E-state index in [0.717, 1.165) is 5.69 Å². The highest BCUT2D eigenvalue weighted by Gasteiger charge is 2.28. The number of thiophene rings is 1. The first-order valence-electron chi connectivity index (χ1n) is 9.39. The molecule has 0 radical (unpaired) electrons. The average molecular weight is 495 g/mol. The Kier molecular flexibility index (Phi) is 7.92. The SMILES string of the molecule is CCN(CCOC)c1sc(C(=O)Nc2nc(C)cs2)c(-c2ccc(Cl)cc2Cl)c1C#N. The van der Waals surface area contributed by atoms with Gasteiger partial charge in [-0.3, -0.25) is 10.1 Å². The number of nitriles is 1. The van der Waals surface area contributed by atoms with Gasteiger partial charge in [-0.25, -0.2) is 4.98 Å². The molecule has 0 aliphatic carbocycles. The number of ether oxygens (including phenoxy) is 1. The molecular weight excluding hydrogens is 475 g/mol. The van der Waals surface area contributed by atoms with Crippen LogP contribution in [0.15, 0.2) is 23.6 Å². The minimum atomic E-state index is -0.342. The molecule has 31 heavy (non-hydrogen) atoms. The van der Waals surface area contributed by atoms with Gasteiger partial charge in [-0.1, -0.05) is 29.3 Å². The first kappa shape index (κ1) is 23.5. The molecule has 3 rings (SSSR count). The number of carbonyl (C=O) groups excluding carboxylic acids is 1. The Morgan fingerprint density at radius 2 is 2.16 bits per heavy atom. The number of aromatic nitrogens is 1. The summed E-state index contributed by atoms with van der Waals surface area (Å²) in [4.78, 5) is 20.0. The van der Waals surface area contributed by atoms with E-state index in [9.17, 15) is 10.1 Å². The van der Waals surface area contributed by atoms with Crippen LogP contribution in [0.4, 0.5) is 10.1 Å². The molecule has 0 saturated heterocycles. The highest BCUT2D eigenvalue weighted by Crippen LogP contribution is 2.44. The minimum absolute atomic E-state index is 0.342. The van der Waals surface area contributed by atoms with Crippen molar-refractivity contribution in [2.45, 2.75) is 13.8 Å². The normalized spacial score (nSPS) is 10.7. The van der Waals surface area contributed by atoms with Gasteiger partial charge in [-0.05, 0) is 26.0 Å². The molecule has 0 bridgehead atoms. The molecule has 6 nitrogen and oxygen atoms in total. The maximum atomic E-state index is 13.2. The second-order valence-corrected chi connectivity index (χ2v) is 9.24. The molecule has 0 saturated carbocycles. The Morgan fingerprint density at radius 3 is 2.74 bits per heavy atom.